The molecule has 0 spiro atoms. The van der Waals surface area contributed by atoms with Gasteiger partial charge in [-0.2, -0.15) is 5.10 Å². The fourth-order valence-electron chi connectivity index (χ4n) is 4.22. The zero-order valence-electron chi connectivity index (χ0n) is 16.5. The van der Waals surface area contributed by atoms with Crippen LogP contribution in [0.25, 0.3) is 11.5 Å². The number of hydrogen-bond donors (Lipinski definition) is 0. The van der Waals surface area contributed by atoms with Crippen molar-refractivity contribution in [2.75, 3.05) is 26.3 Å². The fraction of sp³-hybridized carbons (Fsp3) is 0.364. The number of aromatic nitrogens is 3. The molecule has 2 aromatic heterocycles. The first kappa shape index (κ1) is 19.0. The van der Waals surface area contributed by atoms with E-state index in [4.69, 9.17) is 9.47 Å². The standard InChI is InChI=1S/C22H23FN4O3/c23-17-5-7-18(8-6-17)27-20(25-9-1-2-10-25)19(14-24-27)21(28)26-11-3-4-16(15-26)22-29-12-13-30-22/h1-2,5-10,14,16,22H,3-4,11-13,15H2. The van der Waals surface area contributed by atoms with Crippen LogP contribution in [0.3, 0.4) is 0 Å². The average Bonchev–Trinajstić information content (AvgIpc) is 3.55. The first-order valence-corrected chi connectivity index (χ1v) is 10.2. The van der Waals surface area contributed by atoms with Gasteiger partial charge in [-0.25, -0.2) is 9.07 Å². The predicted octanol–water partition coefficient (Wildman–Crippen LogP) is 3.03. The van der Waals surface area contributed by atoms with Crippen molar-refractivity contribution in [3.05, 3.63) is 66.4 Å². The van der Waals surface area contributed by atoms with Crippen LogP contribution in [0.5, 0.6) is 0 Å². The lowest BCUT2D eigenvalue weighted by molar-refractivity contribution is -0.0969. The van der Waals surface area contributed by atoms with Gasteiger partial charge >= 0.3 is 0 Å². The zero-order chi connectivity index (χ0) is 20.5. The van der Waals surface area contributed by atoms with Crippen LogP contribution in [-0.4, -0.2) is 57.7 Å². The van der Waals surface area contributed by atoms with Gasteiger partial charge in [-0.15, -0.1) is 0 Å². The molecule has 2 fully saturated rings. The van der Waals surface area contributed by atoms with Crippen molar-refractivity contribution in [1.82, 2.24) is 19.2 Å². The summed E-state index contributed by atoms with van der Waals surface area (Å²) in [6, 6.07) is 9.85. The lowest BCUT2D eigenvalue weighted by atomic mass is 9.97. The van der Waals surface area contributed by atoms with Gasteiger partial charge in [-0.1, -0.05) is 0 Å². The van der Waals surface area contributed by atoms with Gasteiger partial charge in [0.05, 0.1) is 25.1 Å². The third-order valence-electron chi connectivity index (χ3n) is 5.67. The van der Waals surface area contributed by atoms with E-state index < -0.39 is 0 Å². The molecular weight excluding hydrogens is 387 g/mol. The minimum atomic E-state index is -0.319. The molecule has 1 unspecified atom stereocenters. The van der Waals surface area contributed by atoms with Crippen molar-refractivity contribution in [1.29, 1.82) is 0 Å². The Morgan fingerprint density at radius 1 is 1.10 bits per heavy atom. The summed E-state index contributed by atoms with van der Waals surface area (Å²) in [5.74, 6) is 0.412. The highest BCUT2D eigenvalue weighted by Gasteiger charge is 2.34. The summed E-state index contributed by atoms with van der Waals surface area (Å²) in [4.78, 5) is 15.4. The van der Waals surface area contributed by atoms with Crippen molar-refractivity contribution >= 4 is 5.91 Å². The fourth-order valence-corrected chi connectivity index (χ4v) is 4.22. The molecule has 1 amide bonds. The maximum absolute atomic E-state index is 13.5. The molecule has 8 heteroatoms. The smallest absolute Gasteiger partial charge is 0.259 e. The number of ether oxygens (including phenoxy) is 2. The highest BCUT2D eigenvalue weighted by atomic mass is 19.1. The van der Waals surface area contributed by atoms with E-state index >= 15 is 0 Å². The highest BCUT2D eigenvalue weighted by Crippen LogP contribution is 2.28. The van der Waals surface area contributed by atoms with Gasteiger partial charge < -0.3 is 18.9 Å². The third kappa shape index (κ3) is 3.53. The number of piperidine rings is 1. The SMILES string of the molecule is O=C(c1cnn(-c2ccc(F)cc2)c1-n1cccc1)N1CCCC(C2OCCO2)C1. The molecule has 7 nitrogen and oxygen atoms in total. The van der Waals surface area contributed by atoms with Crippen LogP contribution in [0.4, 0.5) is 4.39 Å². The number of carbonyl (C=O) groups excluding carboxylic acids is 1. The molecular formula is C22H23FN4O3. The van der Waals surface area contributed by atoms with Crippen molar-refractivity contribution in [2.45, 2.75) is 19.1 Å². The lowest BCUT2D eigenvalue weighted by Gasteiger charge is -2.34. The van der Waals surface area contributed by atoms with E-state index in [-0.39, 0.29) is 23.9 Å². The van der Waals surface area contributed by atoms with E-state index in [1.807, 2.05) is 34.0 Å². The number of halogens is 1. The quantitative estimate of drug-likeness (QED) is 0.663. The minimum absolute atomic E-state index is 0.0743. The predicted molar refractivity (Wildman–Crippen MR) is 107 cm³/mol. The van der Waals surface area contributed by atoms with Gasteiger partial charge in [0.25, 0.3) is 5.91 Å². The second-order valence-electron chi connectivity index (χ2n) is 7.62. The monoisotopic (exact) mass is 410 g/mol. The first-order valence-electron chi connectivity index (χ1n) is 10.2. The molecule has 3 aromatic rings. The summed E-state index contributed by atoms with van der Waals surface area (Å²) < 4.78 is 28.3. The molecule has 2 aliphatic rings. The van der Waals surface area contributed by atoms with Gasteiger partial charge in [-0.3, -0.25) is 4.79 Å². The molecule has 5 rings (SSSR count). The van der Waals surface area contributed by atoms with Gasteiger partial charge in [0, 0.05) is 31.4 Å². The maximum Gasteiger partial charge on any atom is 0.259 e. The largest absolute Gasteiger partial charge is 0.350 e. The van der Waals surface area contributed by atoms with Gasteiger partial charge in [0.15, 0.2) is 12.1 Å². The summed E-state index contributed by atoms with van der Waals surface area (Å²) in [6.45, 7) is 2.50. The van der Waals surface area contributed by atoms with Crippen LogP contribution < -0.4 is 0 Å². The molecule has 1 aromatic carbocycles. The second-order valence-corrected chi connectivity index (χ2v) is 7.62. The molecule has 156 valence electrons. The molecule has 0 bridgehead atoms. The maximum atomic E-state index is 13.5. The summed E-state index contributed by atoms with van der Waals surface area (Å²) in [5, 5.41) is 4.46. The Balaban J connectivity index is 1.47. The Bertz CT molecular complexity index is 1010. The summed E-state index contributed by atoms with van der Waals surface area (Å²) in [7, 11) is 0. The van der Waals surface area contributed by atoms with E-state index in [0.29, 0.717) is 43.4 Å². The molecule has 0 N–H and O–H groups in total. The number of likely N-dealkylation sites (tertiary alicyclic amines) is 1. The Hall–Kier alpha value is -2.97. The molecule has 4 heterocycles. The molecule has 0 saturated carbocycles. The third-order valence-corrected chi connectivity index (χ3v) is 5.67. The van der Waals surface area contributed by atoms with E-state index in [9.17, 15) is 9.18 Å². The Labute approximate surface area is 173 Å². The van der Waals surface area contributed by atoms with Gasteiger partial charge in [0.1, 0.15) is 11.4 Å². The van der Waals surface area contributed by atoms with Crippen LogP contribution >= 0.6 is 0 Å². The van der Waals surface area contributed by atoms with Crippen molar-refractivity contribution < 1.29 is 18.7 Å². The second kappa shape index (κ2) is 8.04. The normalized spacial score (nSPS) is 20.0. The van der Waals surface area contributed by atoms with Crippen molar-refractivity contribution in [2.24, 2.45) is 5.92 Å². The van der Waals surface area contributed by atoms with Crippen molar-refractivity contribution in [3.63, 3.8) is 0 Å². The zero-order valence-corrected chi connectivity index (χ0v) is 16.5. The van der Waals surface area contributed by atoms with E-state index in [1.54, 1.807) is 23.0 Å². The molecule has 2 saturated heterocycles. The van der Waals surface area contributed by atoms with Crippen LogP contribution in [-0.2, 0) is 9.47 Å². The number of hydrogen-bond acceptors (Lipinski definition) is 4. The topological polar surface area (TPSA) is 61.5 Å². The Kier molecular flexibility index (Phi) is 5.10. The Morgan fingerprint density at radius 3 is 2.57 bits per heavy atom. The van der Waals surface area contributed by atoms with E-state index in [2.05, 4.69) is 5.10 Å². The van der Waals surface area contributed by atoms with Crippen LogP contribution in [0.1, 0.15) is 23.2 Å². The lowest BCUT2D eigenvalue weighted by Crippen LogP contribution is -2.44. The molecule has 2 aliphatic heterocycles. The summed E-state index contributed by atoms with van der Waals surface area (Å²) in [5.41, 5.74) is 1.19. The molecule has 1 atom stereocenters. The van der Waals surface area contributed by atoms with Gasteiger partial charge in [0.2, 0.25) is 0 Å². The van der Waals surface area contributed by atoms with Crippen LogP contribution in [0.15, 0.2) is 55.0 Å². The Morgan fingerprint density at radius 2 is 1.83 bits per heavy atom. The number of carbonyl (C=O) groups is 1. The number of benzene rings is 1. The highest BCUT2D eigenvalue weighted by molar-refractivity contribution is 5.97. The van der Waals surface area contributed by atoms with E-state index in [1.165, 1.54) is 12.1 Å². The van der Waals surface area contributed by atoms with Crippen molar-refractivity contribution in [3.8, 4) is 11.5 Å². The van der Waals surface area contributed by atoms with Crippen LogP contribution in [0, 0.1) is 11.7 Å². The van der Waals surface area contributed by atoms with Gasteiger partial charge in [-0.05, 0) is 49.2 Å². The van der Waals surface area contributed by atoms with Crippen LogP contribution in [0.2, 0.25) is 0 Å². The number of amides is 1. The van der Waals surface area contributed by atoms with E-state index in [0.717, 1.165) is 12.8 Å². The summed E-state index contributed by atoms with van der Waals surface area (Å²) >= 11 is 0. The average molecular weight is 410 g/mol. The molecule has 0 aliphatic carbocycles. The molecule has 30 heavy (non-hydrogen) atoms. The first-order chi connectivity index (χ1) is 14.7. The molecule has 0 radical (unpaired) electrons. The summed E-state index contributed by atoms with van der Waals surface area (Å²) in [6.07, 6.45) is 6.98. The minimum Gasteiger partial charge on any atom is -0.350 e. The number of rotatable bonds is 4. The number of nitrogens with zero attached hydrogens (tertiary/aromatic N) is 4.